The summed E-state index contributed by atoms with van der Waals surface area (Å²) in [4.78, 5) is 7.51. The summed E-state index contributed by atoms with van der Waals surface area (Å²) in [7, 11) is 2.19. The fourth-order valence-electron chi connectivity index (χ4n) is 6.32. The van der Waals surface area contributed by atoms with Gasteiger partial charge in [-0.05, 0) is 65.8 Å². The molecule has 2 fully saturated rings. The molecule has 0 aromatic heterocycles. The second-order valence-corrected chi connectivity index (χ2v) is 13.2. The highest BCUT2D eigenvalue weighted by atomic mass is 19.1. The van der Waals surface area contributed by atoms with Gasteiger partial charge in [0, 0.05) is 55.8 Å². The number of likely N-dealkylation sites (tertiary alicyclic amines) is 1. The van der Waals surface area contributed by atoms with Gasteiger partial charge in [-0.15, -0.1) is 0 Å². The minimum atomic E-state index is -1.08. The Labute approximate surface area is 195 Å². The number of piperazine rings is 1. The normalized spacial score (nSPS) is 22.7. The number of nitrogens with zero attached hydrogens (tertiary/aromatic N) is 3. The molecule has 0 saturated carbocycles. The van der Waals surface area contributed by atoms with Gasteiger partial charge in [0.15, 0.2) is 0 Å². The lowest BCUT2D eigenvalue weighted by Crippen LogP contribution is -2.59. The summed E-state index contributed by atoms with van der Waals surface area (Å²) in [6.45, 7) is 30.8. The van der Waals surface area contributed by atoms with Crippen molar-refractivity contribution in [1.29, 1.82) is 0 Å². The van der Waals surface area contributed by atoms with Crippen LogP contribution < -0.4 is 0 Å². The van der Waals surface area contributed by atoms with Crippen molar-refractivity contribution in [3.8, 4) is 0 Å². The standard InChI is InChI=1S/C25H50FN3.C2H6/c1-21(2,3)19-23(6,7)28-13-11-25(26,12-14-28)22(4,5)20-24(8,9)29-17-15-27(10)16-18-29;1-2/h11-20H2,1-10H3;1-2H3. The fourth-order valence-corrected chi connectivity index (χ4v) is 6.32. The molecule has 0 atom stereocenters. The molecule has 2 aliphatic heterocycles. The average Bonchev–Trinajstić information content (AvgIpc) is 2.61. The largest absolute Gasteiger partial charge is 0.304 e. The first kappa shape index (κ1) is 28.8. The molecule has 2 heterocycles. The zero-order valence-corrected chi connectivity index (χ0v) is 23.3. The Bertz CT molecular complexity index is 531. The molecule has 0 aromatic carbocycles. The van der Waals surface area contributed by atoms with Crippen LogP contribution in [0.15, 0.2) is 0 Å². The van der Waals surface area contributed by atoms with E-state index >= 15 is 4.39 Å². The summed E-state index contributed by atoms with van der Waals surface area (Å²) in [6.07, 6.45) is 3.36. The molecule has 0 spiro atoms. The lowest BCUT2D eigenvalue weighted by Gasteiger charge is -2.54. The molecule has 0 unspecified atom stereocenters. The molecule has 0 amide bonds. The predicted molar refractivity (Wildman–Crippen MR) is 136 cm³/mol. The zero-order valence-electron chi connectivity index (χ0n) is 23.3. The molecule has 0 bridgehead atoms. The first-order valence-electron chi connectivity index (χ1n) is 12.9. The van der Waals surface area contributed by atoms with Gasteiger partial charge in [0.05, 0.1) is 0 Å². The Kier molecular flexibility index (Phi) is 9.66. The van der Waals surface area contributed by atoms with Crippen molar-refractivity contribution >= 4 is 0 Å². The maximum Gasteiger partial charge on any atom is 0.118 e. The number of alkyl halides is 1. The number of rotatable bonds is 6. The van der Waals surface area contributed by atoms with Crippen LogP contribution in [0.25, 0.3) is 0 Å². The lowest BCUT2D eigenvalue weighted by atomic mass is 9.65. The van der Waals surface area contributed by atoms with Crippen LogP contribution in [-0.2, 0) is 0 Å². The molecule has 4 heteroatoms. The Morgan fingerprint density at radius 2 is 1.03 bits per heavy atom. The number of likely N-dealkylation sites (N-methyl/N-ethyl adjacent to an activating group) is 1. The van der Waals surface area contributed by atoms with E-state index in [-0.39, 0.29) is 16.5 Å². The van der Waals surface area contributed by atoms with Gasteiger partial charge < -0.3 is 4.90 Å². The van der Waals surface area contributed by atoms with Gasteiger partial charge in [-0.25, -0.2) is 4.39 Å². The van der Waals surface area contributed by atoms with Crippen LogP contribution in [0, 0.1) is 10.8 Å². The molecule has 0 radical (unpaired) electrons. The third-order valence-corrected chi connectivity index (χ3v) is 7.82. The third-order valence-electron chi connectivity index (χ3n) is 7.82. The SMILES string of the molecule is CC.CN1CCN(C(C)(C)CC(C)(C)C2(F)CCN(C(C)(C)CC(C)(C)C)CC2)CC1. The summed E-state index contributed by atoms with van der Waals surface area (Å²) in [5, 5.41) is 0. The maximum absolute atomic E-state index is 16.4. The van der Waals surface area contributed by atoms with Crippen molar-refractivity contribution in [2.45, 2.75) is 119 Å². The topological polar surface area (TPSA) is 9.72 Å². The molecule has 2 rings (SSSR count). The molecular weight excluding hydrogens is 385 g/mol. The number of hydrogen-bond acceptors (Lipinski definition) is 3. The molecular formula is C27H56FN3. The third kappa shape index (κ3) is 7.67. The fraction of sp³-hybridized carbons (Fsp3) is 1.00. The van der Waals surface area contributed by atoms with Gasteiger partial charge in [0.1, 0.15) is 5.67 Å². The van der Waals surface area contributed by atoms with Crippen LogP contribution in [0.3, 0.4) is 0 Å². The highest BCUT2D eigenvalue weighted by Crippen LogP contribution is 2.49. The minimum Gasteiger partial charge on any atom is -0.304 e. The van der Waals surface area contributed by atoms with E-state index in [1.54, 1.807) is 0 Å². The highest BCUT2D eigenvalue weighted by molar-refractivity contribution is 5.03. The molecule has 31 heavy (non-hydrogen) atoms. The van der Waals surface area contributed by atoms with Gasteiger partial charge in [-0.2, -0.15) is 0 Å². The summed E-state index contributed by atoms with van der Waals surface area (Å²) < 4.78 is 16.4. The Morgan fingerprint density at radius 1 is 0.645 bits per heavy atom. The zero-order chi connectivity index (χ0) is 24.3. The Morgan fingerprint density at radius 3 is 1.45 bits per heavy atom. The molecule has 3 nitrogen and oxygen atoms in total. The van der Waals surface area contributed by atoms with E-state index in [9.17, 15) is 0 Å². The van der Waals surface area contributed by atoms with Crippen LogP contribution in [0.4, 0.5) is 4.39 Å². The molecule has 186 valence electrons. The molecule has 0 aliphatic carbocycles. The molecule has 2 saturated heterocycles. The van der Waals surface area contributed by atoms with Crippen molar-refractivity contribution < 1.29 is 4.39 Å². The second kappa shape index (κ2) is 10.4. The van der Waals surface area contributed by atoms with Crippen LogP contribution >= 0.6 is 0 Å². The first-order chi connectivity index (χ1) is 14.0. The van der Waals surface area contributed by atoms with E-state index in [0.717, 1.165) is 52.1 Å². The number of halogens is 1. The monoisotopic (exact) mass is 441 g/mol. The van der Waals surface area contributed by atoms with Gasteiger partial charge in [0.25, 0.3) is 0 Å². The van der Waals surface area contributed by atoms with Crippen LogP contribution in [0.1, 0.15) is 102 Å². The summed E-state index contributed by atoms with van der Waals surface area (Å²) in [5.41, 5.74) is -0.944. The van der Waals surface area contributed by atoms with Crippen molar-refractivity contribution in [2.24, 2.45) is 10.8 Å². The van der Waals surface area contributed by atoms with Gasteiger partial charge in [-0.1, -0.05) is 48.5 Å². The Balaban J connectivity index is 0.00000233. The van der Waals surface area contributed by atoms with Crippen molar-refractivity contribution in [3.05, 3.63) is 0 Å². The molecule has 0 N–H and O–H groups in total. The van der Waals surface area contributed by atoms with E-state index in [1.807, 2.05) is 13.8 Å². The number of hydrogen-bond donors (Lipinski definition) is 0. The lowest BCUT2D eigenvalue weighted by molar-refractivity contribution is -0.0873. The van der Waals surface area contributed by atoms with Crippen molar-refractivity contribution in [1.82, 2.24) is 14.7 Å². The first-order valence-corrected chi connectivity index (χ1v) is 12.9. The van der Waals surface area contributed by atoms with Crippen LogP contribution in [0.5, 0.6) is 0 Å². The quantitative estimate of drug-likeness (QED) is 0.467. The Hall–Kier alpha value is -0.190. The van der Waals surface area contributed by atoms with E-state index in [0.29, 0.717) is 18.3 Å². The summed E-state index contributed by atoms with van der Waals surface area (Å²) >= 11 is 0. The van der Waals surface area contributed by atoms with E-state index in [2.05, 4.69) is 84.1 Å². The van der Waals surface area contributed by atoms with Crippen LogP contribution in [-0.4, -0.2) is 77.8 Å². The molecule has 0 aromatic rings. The summed E-state index contributed by atoms with van der Waals surface area (Å²) in [5.74, 6) is 0. The van der Waals surface area contributed by atoms with E-state index < -0.39 is 5.67 Å². The second-order valence-electron chi connectivity index (χ2n) is 13.2. The average molecular weight is 442 g/mol. The highest BCUT2D eigenvalue weighted by Gasteiger charge is 2.51. The van der Waals surface area contributed by atoms with E-state index in [4.69, 9.17) is 0 Å². The molecule has 2 aliphatic rings. The number of piperidine rings is 1. The van der Waals surface area contributed by atoms with Crippen molar-refractivity contribution in [2.75, 3.05) is 46.3 Å². The predicted octanol–water partition coefficient (Wildman–Crippen LogP) is 6.47. The van der Waals surface area contributed by atoms with Gasteiger partial charge >= 0.3 is 0 Å². The minimum absolute atomic E-state index is 0.0342. The van der Waals surface area contributed by atoms with E-state index in [1.165, 1.54) is 0 Å². The summed E-state index contributed by atoms with van der Waals surface area (Å²) in [6, 6.07) is 0. The smallest absolute Gasteiger partial charge is 0.118 e. The maximum atomic E-state index is 16.4. The van der Waals surface area contributed by atoms with Gasteiger partial charge in [0.2, 0.25) is 0 Å². The van der Waals surface area contributed by atoms with Gasteiger partial charge in [-0.3, -0.25) is 9.80 Å². The van der Waals surface area contributed by atoms with Crippen molar-refractivity contribution in [3.63, 3.8) is 0 Å². The van der Waals surface area contributed by atoms with Crippen LogP contribution in [0.2, 0.25) is 0 Å².